The molecule has 0 atom stereocenters. The fourth-order valence-electron chi connectivity index (χ4n) is 2.25. The van der Waals surface area contributed by atoms with Crippen LogP contribution in [0.3, 0.4) is 0 Å². The molecule has 2 aromatic rings. The van der Waals surface area contributed by atoms with Crippen LogP contribution in [0.4, 0.5) is 0 Å². The van der Waals surface area contributed by atoms with Crippen LogP contribution in [0.5, 0.6) is 0 Å². The quantitative estimate of drug-likeness (QED) is 0.924. The van der Waals surface area contributed by atoms with Gasteiger partial charge >= 0.3 is 5.97 Å². The molecule has 0 amide bonds. The first-order chi connectivity index (χ1) is 9.83. The molecule has 0 spiro atoms. The van der Waals surface area contributed by atoms with Crippen molar-refractivity contribution in [2.75, 3.05) is 6.54 Å². The second-order valence-corrected chi connectivity index (χ2v) is 4.72. The molecule has 2 aromatic carbocycles. The summed E-state index contributed by atoms with van der Waals surface area (Å²) in [6.45, 7) is 1.29. The number of carbonyl (C=O) groups is 1. The van der Waals surface area contributed by atoms with Crippen LogP contribution < -0.4 is 5.43 Å². The number of hydrogen-bond donors (Lipinski definition) is 1. The zero-order chi connectivity index (χ0) is 13.8. The van der Waals surface area contributed by atoms with Crippen molar-refractivity contribution in [3.05, 3.63) is 71.3 Å². The fourth-order valence-corrected chi connectivity index (χ4v) is 2.25. The molecule has 1 aliphatic heterocycles. The number of hydroxylamine groups is 1. The third-order valence-electron chi connectivity index (χ3n) is 3.29. The van der Waals surface area contributed by atoms with Crippen molar-refractivity contribution in [3.63, 3.8) is 0 Å². The van der Waals surface area contributed by atoms with Gasteiger partial charge in [0.1, 0.15) is 0 Å². The number of rotatable bonds is 4. The highest BCUT2D eigenvalue weighted by Crippen LogP contribution is 2.18. The number of carbonyl (C=O) groups excluding carboxylic acids is 1. The minimum Gasteiger partial charge on any atom is -0.348 e. The lowest BCUT2D eigenvalue weighted by Crippen LogP contribution is -2.43. The highest BCUT2D eigenvalue weighted by molar-refractivity contribution is 5.91. The zero-order valence-electron chi connectivity index (χ0n) is 11.1. The Morgan fingerprint density at radius 2 is 1.80 bits per heavy atom. The van der Waals surface area contributed by atoms with Gasteiger partial charge in [-0.2, -0.15) is 0 Å². The fraction of sp³-hybridized carbons (Fsp3) is 0.188. The minimum absolute atomic E-state index is 0.306. The molecule has 0 saturated carbocycles. The van der Waals surface area contributed by atoms with Crippen molar-refractivity contribution in [2.45, 2.75) is 13.0 Å². The van der Waals surface area contributed by atoms with Crippen molar-refractivity contribution in [1.82, 2.24) is 10.6 Å². The van der Waals surface area contributed by atoms with Gasteiger partial charge < -0.3 is 4.84 Å². The van der Waals surface area contributed by atoms with E-state index in [4.69, 9.17) is 4.84 Å². The van der Waals surface area contributed by atoms with E-state index >= 15 is 0 Å². The summed E-state index contributed by atoms with van der Waals surface area (Å²) in [6.07, 6.45) is 0.885. The molecule has 4 nitrogen and oxygen atoms in total. The molecule has 20 heavy (non-hydrogen) atoms. The number of hydrazine groups is 1. The van der Waals surface area contributed by atoms with E-state index in [0.29, 0.717) is 12.1 Å². The molecule has 4 heteroatoms. The highest BCUT2D eigenvalue weighted by Gasteiger charge is 2.23. The van der Waals surface area contributed by atoms with Gasteiger partial charge in [0.2, 0.25) is 0 Å². The van der Waals surface area contributed by atoms with Gasteiger partial charge in [-0.05, 0) is 23.6 Å². The Hall–Kier alpha value is -2.17. The Bertz CT molecular complexity index is 598. The van der Waals surface area contributed by atoms with Crippen LogP contribution in [0.2, 0.25) is 0 Å². The molecule has 1 aliphatic rings. The van der Waals surface area contributed by atoms with Gasteiger partial charge in [-0.3, -0.25) is 0 Å². The first-order valence-corrected chi connectivity index (χ1v) is 6.68. The zero-order valence-corrected chi connectivity index (χ0v) is 11.1. The van der Waals surface area contributed by atoms with E-state index in [1.807, 2.05) is 36.4 Å². The van der Waals surface area contributed by atoms with Crippen LogP contribution in [0.15, 0.2) is 54.6 Å². The molecule has 0 bridgehead atoms. The monoisotopic (exact) mass is 268 g/mol. The third-order valence-corrected chi connectivity index (χ3v) is 3.29. The van der Waals surface area contributed by atoms with Crippen molar-refractivity contribution in [1.29, 1.82) is 0 Å². The van der Waals surface area contributed by atoms with Crippen molar-refractivity contribution in [2.24, 2.45) is 0 Å². The van der Waals surface area contributed by atoms with Gasteiger partial charge in [-0.25, -0.2) is 10.2 Å². The Kier molecular flexibility index (Phi) is 3.76. The smallest absolute Gasteiger partial charge is 0.348 e. The van der Waals surface area contributed by atoms with Gasteiger partial charge in [0.25, 0.3) is 0 Å². The SMILES string of the molecule is O=C1ON(NCCc2ccccc2)Cc2ccccc21. The molecule has 3 rings (SSSR count). The summed E-state index contributed by atoms with van der Waals surface area (Å²) in [5, 5.41) is 1.51. The molecular formula is C16H16N2O2. The summed E-state index contributed by atoms with van der Waals surface area (Å²) in [7, 11) is 0. The maximum Gasteiger partial charge on any atom is 0.358 e. The highest BCUT2D eigenvalue weighted by atomic mass is 16.7. The minimum atomic E-state index is -0.306. The van der Waals surface area contributed by atoms with Crippen molar-refractivity contribution in [3.8, 4) is 0 Å². The van der Waals surface area contributed by atoms with Crippen LogP contribution >= 0.6 is 0 Å². The first-order valence-electron chi connectivity index (χ1n) is 6.68. The first kappa shape index (κ1) is 12.8. The topological polar surface area (TPSA) is 41.6 Å². The van der Waals surface area contributed by atoms with E-state index in [1.54, 1.807) is 6.07 Å². The number of hydrogen-bond acceptors (Lipinski definition) is 4. The van der Waals surface area contributed by atoms with Gasteiger partial charge in [0.05, 0.1) is 12.1 Å². The van der Waals surface area contributed by atoms with Gasteiger partial charge in [0.15, 0.2) is 0 Å². The van der Waals surface area contributed by atoms with Crippen LogP contribution in [0.1, 0.15) is 21.5 Å². The molecule has 1 N–H and O–H groups in total. The summed E-state index contributed by atoms with van der Waals surface area (Å²) < 4.78 is 0. The lowest BCUT2D eigenvalue weighted by molar-refractivity contribution is -0.160. The molecule has 1 heterocycles. The van der Waals surface area contributed by atoms with E-state index in [2.05, 4.69) is 17.6 Å². The molecule has 0 unspecified atom stereocenters. The summed E-state index contributed by atoms with van der Waals surface area (Å²) in [5.74, 6) is -0.306. The van der Waals surface area contributed by atoms with Gasteiger partial charge in [-0.1, -0.05) is 53.7 Å². The Morgan fingerprint density at radius 1 is 1.05 bits per heavy atom. The molecule has 0 radical (unpaired) electrons. The van der Waals surface area contributed by atoms with Crippen LogP contribution in [-0.4, -0.2) is 17.7 Å². The second kappa shape index (κ2) is 5.86. The van der Waals surface area contributed by atoms with Crippen molar-refractivity contribution < 1.29 is 9.63 Å². The number of nitrogens with one attached hydrogen (secondary N) is 1. The van der Waals surface area contributed by atoms with Crippen molar-refractivity contribution >= 4 is 5.97 Å². The summed E-state index contributed by atoms with van der Waals surface area (Å²) >= 11 is 0. The summed E-state index contributed by atoms with van der Waals surface area (Å²) in [5.41, 5.74) is 6.01. The van der Waals surface area contributed by atoms with Crippen LogP contribution in [-0.2, 0) is 17.8 Å². The average Bonchev–Trinajstić information content (AvgIpc) is 2.48. The van der Waals surface area contributed by atoms with Gasteiger partial charge in [0, 0.05) is 6.54 Å². The Balaban J connectivity index is 1.57. The third kappa shape index (κ3) is 2.87. The number of benzene rings is 2. The van der Waals surface area contributed by atoms with E-state index in [0.717, 1.165) is 18.5 Å². The van der Waals surface area contributed by atoms with E-state index in [-0.39, 0.29) is 5.97 Å². The summed E-state index contributed by atoms with van der Waals surface area (Å²) in [4.78, 5) is 17.1. The predicted molar refractivity (Wildman–Crippen MR) is 75.5 cm³/mol. The van der Waals surface area contributed by atoms with Gasteiger partial charge in [-0.15, -0.1) is 0 Å². The molecule has 0 fully saturated rings. The molecule has 102 valence electrons. The maximum atomic E-state index is 11.8. The standard InChI is InChI=1S/C16H16N2O2/c19-16-15-9-5-4-8-14(15)12-18(20-16)17-11-10-13-6-2-1-3-7-13/h1-9,17H,10-12H2. The van der Waals surface area contributed by atoms with Crippen LogP contribution in [0, 0.1) is 0 Å². The lowest BCUT2D eigenvalue weighted by atomic mass is 10.1. The average molecular weight is 268 g/mol. The van der Waals surface area contributed by atoms with Crippen LogP contribution in [0.25, 0.3) is 0 Å². The maximum absolute atomic E-state index is 11.8. The number of nitrogens with zero attached hydrogens (tertiary/aromatic N) is 1. The molecular weight excluding hydrogens is 252 g/mol. The second-order valence-electron chi connectivity index (χ2n) is 4.72. The van der Waals surface area contributed by atoms with E-state index < -0.39 is 0 Å². The normalized spacial score (nSPS) is 14.7. The predicted octanol–water partition coefficient (Wildman–Crippen LogP) is 2.32. The van der Waals surface area contributed by atoms with E-state index in [9.17, 15) is 4.79 Å². The summed E-state index contributed by atoms with van der Waals surface area (Å²) in [6, 6.07) is 17.7. The molecule has 0 saturated heterocycles. The molecule has 0 aliphatic carbocycles. The Morgan fingerprint density at radius 3 is 2.65 bits per heavy atom. The Labute approximate surface area is 117 Å². The largest absolute Gasteiger partial charge is 0.358 e. The van der Waals surface area contributed by atoms with E-state index in [1.165, 1.54) is 10.7 Å². The lowest BCUT2D eigenvalue weighted by Gasteiger charge is -2.27. The number of fused-ring (bicyclic) bond motifs is 1. The molecule has 0 aromatic heterocycles.